The van der Waals surface area contributed by atoms with E-state index in [4.69, 9.17) is 9.47 Å². The Morgan fingerprint density at radius 3 is 2.68 bits per heavy atom. The molecule has 0 bridgehead atoms. The molecule has 1 N–H and O–H groups in total. The number of carbonyl (C=O) groups excluding carboxylic acids is 1. The van der Waals surface area contributed by atoms with Gasteiger partial charge in [0.15, 0.2) is 11.5 Å². The van der Waals surface area contributed by atoms with Gasteiger partial charge in [-0.1, -0.05) is 18.2 Å². The second-order valence-electron chi connectivity index (χ2n) is 7.45. The van der Waals surface area contributed by atoms with Gasteiger partial charge in [0, 0.05) is 35.8 Å². The van der Waals surface area contributed by atoms with Gasteiger partial charge in [-0.25, -0.2) is 4.39 Å². The molecule has 1 amide bonds. The Morgan fingerprint density at radius 2 is 1.81 bits per heavy atom. The summed E-state index contributed by atoms with van der Waals surface area (Å²) in [6.07, 6.45) is 0. The van der Waals surface area contributed by atoms with Crippen molar-refractivity contribution in [2.75, 3.05) is 24.0 Å². The van der Waals surface area contributed by atoms with Crippen LogP contribution in [0.2, 0.25) is 0 Å². The third-order valence-electron chi connectivity index (χ3n) is 5.36. The zero-order valence-electron chi connectivity index (χ0n) is 16.8. The van der Waals surface area contributed by atoms with E-state index in [0.717, 1.165) is 39.8 Å². The molecule has 7 heteroatoms. The van der Waals surface area contributed by atoms with E-state index in [2.05, 4.69) is 10.2 Å². The lowest BCUT2D eigenvalue weighted by Crippen LogP contribution is -2.29. The number of carbonyl (C=O) groups is 1. The molecule has 0 aromatic heterocycles. The van der Waals surface area contributed by atoms with Crippen LogP contribution in [0, 0.1) is 5.82 Å². The molecular weight excluding hydrogens is 415 g/mol. The molecule has 0 saturated heterocycles. The van der Waals surface area contributed by atoms with Crippen LogP contribution in [-0.4, -0.2) is 25.0 Å². The van der Waals surface area contributed by atoms with Crippen molar-refractivity contribution in [1.82, 2.24) is 5.32 Å². The predicted octanol–water partition coefficient (Wildman–Crippen LogP) is 4.60. The first-order valence-corrected chi connectivity index (χ1v) is 11.1. The van der Waals surface area contributed by atoms with E-state index in [9.17, 15) is 9.18 Å². The smallest absolute Gasteiger partial charge is 0.251 e. The molecule has 5 nitrogen and oxygen atoms in total. The SMILES string of the molecule is O=C(NCc1ccc2c(c1)OCO2)c1ccc2c(c1)N(Cc1ccc(F)cc1)CCS2. The fourth-order valence-corrected chi connectivity index (χ4v) is 4.76. The average Bonchev–Trinajstić information content (AvgIpc) is 3.27. The average molecular weight is 437 g/mol. The van der Waals surface area contributed by atoms with Crippen LogP contribution in [0.5, 0.6) is 11.5 Å². The highest BCUT2D eigenvalue weighted by molar-refractivity contribution is 7.99. The monoisotopic (exact) mass is 436 g/mol. The Balaban J connectivity index is 1.30. The first kappa shape index (κ1) is 19.8. The second-order valence-corrected chi connectivity index (χ2v) is 8.59. The van der Waals surface area contributed by atoms with Crippen LogP contribution in [-0.2, 0) is 13.1 Å². The molecule has 0 unspecified atom stereocenters. The maximum absolute atomic E-state index is 13.2. The van der Waals surface area contributed by atoms with E-state index in [1.54, 1.807) is 23.9 Å². The number of hydrogen-bond donors (Lipinski definition) is 1. The third-order valence-corrected chi connectivity index (χ3v) is 6.40. The minimum Gasteiger partial charge on any atom is -0.454 e. The molecule has 2 aliphatic rings. The van der Waals surface area contributed by atoms with E-state index >= 15 is 0 Å². The van der Waals surface area contributed by atoms with E-state index in [-0.39, 0.29) is 18.5 Å². The Hall–Kier alpha value is -3.19. The van der Waals surface area contributed by atoms with Crippen LogP contribution >= 0.6 is 11.8 Å². The molecule has 31 heavy (non-hydrogen) atoms. The molecule has 0 fully saturated rings. The van der Waals surface area contributed by atoms with Gasteiger partial charge in [0.2, 0.25) is 6.79 Å². The van der Waals surface area contributed by atoms with Gasteiger partial charge in [-0.3, -0.25) is 4.79 Å². The lowest BCUT2D eigenvalue weighted by Gasteiger charge is -2.31. The van der Waals surface area contributed by atoms with E-state index in [1.165, 1.54) is 12.1 Å². The Labute approximate surface area is 184 Å². The zero-order chi connectivity index (χ0) is 21.2. The molecule has 3 aromatic carbocycles. The van der Waals surface area contributed by atoms with Crippen molar-refractivity contribution in [2.24, 2.45) is 0 Å². The number of thioether (sulfide) groups is 1. The summed E-state index contributed by atoms with van der Waals surface area (Å²) in [5.74, 6) is 2.04. The van der Waals surface area contributed by atoms with Crippen molar-refractivity contribution in [3.63, 3.8) is 0 Å². The van der Waals surface area contributed by atoms with Crippen LogP contribution in [0.1, 0.15) is 21.5 Å². The number of halogens is 1. The van der Waals surface area contributed by atoms with Gasteiger partial charge in [0.05, 0.1) is 5.69 Å². The maximum Gasteiger partial charge on any atom is 0.251 e. The van der Waals surface area contributed by atoms with E-state index in [0.29, 0.717) is 24.4 Å². The van der Waals surface area contributed by atoms with Crippen LogP contribution < -0.4 is 19.7 Å². The summed E-state index contributed by atoms with van der Waals surface area (Å²) in [5, 5.41) is 2.98. The normalized spacial score (nSPS) is 14.3. The number of ether oxygens (including phenoxy) is 2. The topological polar surface area (TPSA) is 50.8 Å². The summed E-state index contributed by atoms with van der Waals surface area (Å²) < 4.78 is 24.0. The summed E-state index contributed by atoms with van der Waals surface area (Å²) in [6.45, 7) is 2.18. The van der Waals surface area contributed by atoms with Crippen LogP contribution in [0.4, 0.5) is 10.1 Å². The second kappa shape index (κ2) is 8.51. The summed E-state index contributed by atoms with van der Waals surface area (Å²) in [5.41, 5.74) is 3.64. The number of rotatable bonds is 5. The molecule has 0 atom stereocenters. The van der Waals surface area contributed by atoms with Crippen LogP contribution in [0.15, 0.2) is 65.6 Å². The molecule has 5 rings (SSSR count). The lowest BCUT2D eigenvalue weighted by molar-refractivity contribution is 0.0950. The summed E-state index contributed by atoms with van der Waals surface area (Å²) in [6, 6.07) is 18.0. The van der Waals surface area contributed by atoms with Gasteiger partial charge in [0.25, 0.3) is 5.91 Å². The fraction of sp³-hybridized carbons (Fsp3) is 0.208. The van der Waals surface area contributed by atoms with Gasteiger partial charge in [-0.2, -0.15) is 0 Å². The largest absolute Gasteiger partial charge is 0.454 e. The van der Waals surface area contributed by atoms with Crippen LogP contribution in [0.25, 0.3) is 0 Å². The highest BCUT2D eigenvalue weighted by atomic mass is 32.2. The minimum atomic E-state index is -0.236. The molecule has 0 radical (unpaired) electrons. The Bertz CT molecular complexity index is 1120. The van der Waals surface area contributed by atoms with Gasteiger partial charge >= 0.3 is 0 Å². The highest BCUT2D eigenvalue weighted by Crippen LogP contribution is 2.36. The van der Waals surface area contributed by atoms with Gasteiger partial charge in [-0.05, 0) is 53.6 Å². The number of amides is 1. The molecular formula is C24H21FN2O3S. The summed E-state index contributed by atoms with van der Waals surface area (Å²) >= 11 is 1.79. The summed E-state index contributed by atoms with van der Waals surface area (Å²) in [7, 11) is 0. The quantitative estimate of drug-likeness (QED) is 0.634. The van der Waals surface area contributed by atoms with Crippen molar-refractivity contribution < 1.29 is 18.7 Å². The lowest BCUT2D eigenvalue weighted by atomic mass is 10.1. The van der Waals surface area contributed by atoms with Crippen LogP contribution in [0.3, 0.4) is 0 Å². The van der Waals surface area contributed by atoms with Gasteiger partial charge in [0.1, 0.15) is 5.82 Å². The first-order valence-electron chi connectivity index (χ1n) is 10.1. The summed E-state index contributed by atoms with van der Waals surface area (Å²) in [4.78, 5) is 16.2. The van der Waals surface area contributed by atoms with Gasteiger partial charge in [-0.15, -0.1) is 11.8 Å². The van der Waals surface area contributed by atoms with E-state index < -0.39 is 0 Å². The predicted molar refractivity (Wildman–Crippen MR) is 118 cm³/mol. The number of benzene rings is 3. The molecule has 2 aliphatic heterocycles. The van der Waals surface area contributed by atoms with E-state index in [1.807, 2.05) is 36.4 Å². The molecule has 0 saturated carbocycles. The number of nitrogens with one attached hydrogen (secondary N) is 1. The fourth-order valence-electron chi connectivity index (χ4n) is 3.72. The molecule has 0 spiro atoms. The third kappa shape index (κ3) is 4.32. The first-order chi connectivity index (χ1) is 15.2. The van der Waals surface area contributed by atoms with Crippen molar-refractivity contribution >= 4 is 23.4 Å². The zero-order valence-corrected chi connectivity index (χ0v) is 17.6. The molecule has 2 heterocycles. The minimum absolute atomic E-state index is 0.127. The Kier molecular flexibility index (Phi) is 5.42. The molecule has 158 valence electrons. The number of nitrogens with zero attached hydrogens (tertiary/aromatic N) is 1. The molecule has 0 aliphatic carbocycles. The van der Waals surface area contributed by atoms with Crippen molar-refractivity contribution in [3.05, 3.63) is 83.2 Å². The standard InChI is InChI=1S/C24H21FN2O3S/c25-19-5-1-16(2-6-19)14-27-9-10-31-23-8-4-18(12-20(23)27)24(28)26-13-17-3-7-21-22(11-17)30-15-29-21/h1-8,11-12H,9-10,13-15H2,(H,26,28). The number of hydrogen-bond acceptors (Lipinski definition) is 5. The van der Waals surface area contributed by atoms with Crippen molar-refractivity contribution in [1.29, 1.82) is 0 Å². The maximum atomic E-state index is 13.2. The van der Waals surface area contributed by atoms with Gasteiger partial charge < -0.3 is 19.7 Å². The Morgan fingerprint density at radius 1 is 1.00 bits per heavy atom. The number of fused-ring (bicyclic) bond motifs is 2. The molecule has 3 aromatic rings. The highest BCUT2D eigenvalue weighted by Gasteiger charge is 2.20. The van der Waals surface area contributed by atoms with Crippen molar-refractivity contribution in [3.8, 4) is 11.5 Å². The van der Waals surface area contributed by atoms with Crippen molar-refractivity contribution in [2.45, 2.75) is 18.0 Å². The number of anilines is 1.